The van der Waals surface area contributed by atoms with Crippen molar-refractivity contribution in [2.24, 2.45) is 0 Å². The molecule has 0 saturated carbocycles. The van der Waals surface area contributed by atoms with Crippen LogP contribution in [0.15, 0.2) is 48.5 Å². The van der Waals surface area contributed by atoms with Gasteiger partial charge in [-0.1, -0.05) is 46.5 Å². The molecule has 0 aromatic heterocycles. The molecule has 16 nitrogen and oxygen atoms in total. The average molecular weight is 917 g/mol. The van der Waals surface area contributed by atoms with Gasteiger partial charge in [0.25, 0.3) is 23.6 Å². The lowest BCUT2D eigenvalue weighted by Crippen LogP contribution is -2.47. The Morgan fingerprint density at radius 3 is 1.35 bits per heavy atom. The largest absolute Gasteiger partial charge is 0.480 e. The van der Waals surface area contributed by atoms with Gasteiger partial charge in [-0.05, 0) is 97.4 Å². The number of nitrogens with one attached hydrogen (secondary N) is 2. The smallest absolute Gasteiger partial charge is 0.329 e. The van der Waals surface area contributed by atoms with Crippen LogP contribution in [0.5, 0.6) is 0 Å². The van der Waals surface area contributed by atoms with Crippen molar-refractivity contribution in [2.75, 3.05) is 24.7 Å². The second-order valence-electron chi connectivity index (χ2n) is 15.4. The van der Waals surface area contributed by atoms with Gasteiger partial charge in [-0.3, -0.25) is 49.2 Å². The Bertz CT molecular complexity index is 1900. The molecule has 63 heavy (non-hydrogen) atoms. The molecule has 4 heterocycles. The van der Waals surface area contributed by atoms with E-state index in [-0.39, 0.29) is 81.0 Å². The highest BCUT2D eigenvalue weighted by Gasteiger charge is 2.45. The maximum atomic E-state index is 13.0. The molecule has 2 aromatic rings. The van der Waals surface area contributed by atoms with E-state index in [9.17, 15) is 43.5 Å². The van der Waals surface area contributed by atoms with Crippen molar-refractivity contribution in [1.29, 1.82) is 0 Å². The summed E-state index contributed by atoms with van der Waals surface area (Å²) in [6.07, 6.45) is 2.78. The van der Waals surface area contributed by atoms with Gasteiger partial charge in [0.15, 0.2) is 0 Å². The predicted octanol–water partition coefficient (Wildman–Crippen LogP) is 6.17. The van der Waals surface area contributed by atoms with Gasteiger partial charge in [0.1, 0.15) is 29.8 Å². The first-order chi connectivity index (χ1) is 28.6. The summed E-state index contributed by atoms with van der Waals surface area (Å²) in [4.78, 5) is 101. The highest BCUT2D eigenvalue weighted by molar-refractivity contribution is 8.00. The van der Waals surface area contributed by atoms with Crippen molar-refractivity contribution in [3.63, 3.8) is 0 Å². The van der Waals surface area contributed by atoms with E-state index in [2.05, 4.69) is 10.6 Å². The van der Waals surface area contributed by atoms with Crippen LogP contribution in [-0.2, 0) is 33.4 Å². The Morgan fingerprint density at radius 1 is 0.667 bits per heavy atom. The van der Waals surface area contributed by atoms with Gasteiger partial charge in [-0.15, -0.1) is 23.5 Å². The molecule has 0 aliphatic carbocycles. The molecule has 348 valence electrons. The van der Waals surface area contributed by atoms with Crippen LogP contribution < -0.4 is 10.6 Å². The van der Waals surface area contributed by atoms with Crippen LogP contribution >= 0.6 is 23.5 Å². The minimum Gasteiger partial charge on any atom is -0.480 e. The van der Waals surface area contributed by atoms with E-state index >= 15 is 0 Å². The first-order valence-corrected chi connectivity index (χ1v) is 22.1. The molecule has 2 fully saturated rings. The van der Waals surface area contributed by atoms with Crippen molar-refractivity contribution in [1.82, 2.24) is 20.4 Å². The van der Waals surface area contributed by atoms with E-state index in [1.54, 1.807) is 94.5 Å². The summed E-state index contributed by atoms with van der Waals surface area (Å²) >= 11 is 3.20. The summed E-state index contributed by atoms with van der Waals surface area (Å²) in [5.74, 6) is -3.20. The molecule has 0 radical (unpaired) electrons. The van der Waals surface area contributed by atoms with Crippen LogP contribution in [0.25, 0.3) is 0 Å². The number of benzene rings is 2. The van der Waals surface area contributed by atoms with Crippen LogP contribution in [0.1, 0.15) is 137 Å². The topological polar surface area (TPSA) is 215 Å². The number of amides is 4. The fourth-order valence-electron chi connectivity index (χ4n) is 7.22. The molecular formula is C45H64N4O12S2. The zero-order valence-electron chi connectivity index (χ0n) is 34.3. The Balaban J connectivity index is 0.000000417. The second kappa shape index (κ2) is 24.3. The summed E-state index contributed by atoms with van der Waals surface area (Å²) in [6, 6.07) is 10.0. The highest BCUT2D eigenvalue weighted by atomic mass is 32.2. The van der Waals surface area contributed by atoms with Crippen LogP contribution in [-0.4, -0.2) is 128 Å². The number of carboxylic acid groups (broad SMARTS) is 1. The molecular weight excluding hydrogens is 853 g/mol. The first kappa shape index (κ1) is 54.4. The lowest BCUT2D eigenvalue weighted by Gasteiger charge is -2.29. The molecule has 4 unspecified atom stereocenters. The number of carboxylic acids is 1. The summed E-state index contributed by atoms with van der Waals surface area (Å²) in [5.41, 5.74) is 0.338. The number of rotatable bonds is 16. The summed E-state index contributed by atoms with van der Waals surface area (Å²) < 4.78 is 15.6. The first-order valence-electron chi connectivity index (χ1n) is 20.0. The SMILES string of the molecule is C.C.C.CCOC(=O)C1CSC(CCC[C@@H](C(=O)O)N2C(=O)c3ccccc3C2=O)N1.CCOC(=O)C1CSC(CCC[C@@H](C(=O)OC(C)(C)C)N2C(=O)c3ccccc3C2=O)N1. The highest BCUT2D eigenvalue weighted by Crippen LogP contribution is 2.31. The molecule has 2 aromatic carbocycles. The van der Waals surface area contributed by atoms with Gasteiger partial charge in [0.2, 0.25) is 0 Å². The second-order valence-corrected chi connectivity index (χ2v) is 17.9. The Morgan fingerprint density at radius 2 is 1.02 bits per heavy atom. The number of esters is 3. The Hall–Kier alpha value is -4.78. The van der Waals surface area contributed by atoms with Gasteiger partial charge in [0.05, 0.1) is 46.2 Å². The van der Waals surface area contributed by atoms with E-state index in [0.717, 1.165) is 9.80 Å². The number of thioether (sulfide) groups is 2. The zero-order chi connectivity index (χ0) is 43.7. The average Bonchev–Trinajstić information content (AvgIpc) is 3.99. The molecule has 0 bridgehead atoms. The van der Waals surface area contributed by atoms with Crippen molar-refractivity contribution in [3.05, 3.63) is 70.8 Å². The maximum absolute atomic E-state index is 13.0. The normalized spacial score (nSPS) is 20.8. The van der Waals surface area contributed by atoms with Crippen molar-refractivity contribution >= 4 is 71.0 Å². The molecule has 4 amide bonds. The van der Waals surface area contributed by atoms with E-state index in [4.69, 9.17) is 14.2 Å². The van der Waals surface area contributed by atoms with E-state index in [0.29, 0.717) is 61.5 Å². The van der Waals surface area contributed by atoms with Crippen LogP contribution in [0.4, 0.5) is 0 Å². The predicted molar refractivity (Wildman–Crippen MR) is 242 cm³/mol. The van der Waals surface area contributed by atoms with E-state index < -0.39 is 53.3 Å². The number of ether oxygens (including phenoxy) is 3. The monoisotopic (exact) mass is 916 g/mol. The number of hydrogen-bond donors (Lipinski definition) is 3. The van der Waals surface area contributed by atoms with Gasteiger partial charge in [-0.2, -0.15) is 0 Å². The lowest BCUT2D eigenvalue weighted by atomic mass is 10.1. The van der Waals surface area contributed by atoms with Gasteiger partial charge < -0.3 is 19.3 Å². The van der Waals surface area contributed by atoms with E-state index in [1.165, 1.54) is 12.1 Å². The van der Waals surface area contributed by atoms with Crippen LogP contribution in [0.2, 0.25) is 0 Å². The third-order valence-corrected chi connectivity index (χ3v) is 12.6. The zero-order valence-corrected chi connectivity index (χ0v) is 35.9. The Labute approximate surface area is 379 Å². The lowest BCUT2D eigenvalue weighted by molar-refractivity contribution is -0.160. The van der Waals surface area contributed by atoms with Gasteiger partial charge in [0, 0.05) is 11.5 Å². The number of carbonyl (C=O) groups excluding carboxylic acids is 7. The summed E-state index contributed by atoms with van der Waals surface area (Å²) in [6.45, 7) is 9.43. The molecule has 3 N–H and O–H groups in total. The Kier molecular flexibility index (Phi) is 21.0. The number of carbonyl (C=O) groups is 8. The molecule has 6 atom stereocenters. The quantitative estimate of drug-likeness (QED) is 0.0976. The third kappa shape index (κ3) is 13.4. The minimum absolute atomic E-state index is 0. The fourth-order valence-corrected chi connectivity index (χ4v) is 9.72. The molecule has 4 aliphatic rings. The standard InChI is InChI=1S/C23H30N2O6S.C19H22N2O6S.3CH4/c1-5-30-21(28)16-13-32-18(24-16)12-8-11-17(22(29)31-23(2,3)4)25-19(26)14-9-6-7-10-15(14)20(25)27;1-2-27-19(26)13-10-28-15(20-13)9-5-8-14(18(24)25)21-16(22)11-6-3-4-7-12(11)17(21)23;;;/h6-7,9-10,16-18,24H,5,8,11-13H2,1-4H3;3-4,6-7,13-15,20H,2,5,8-10H2,1H3,(H,24,25);3*1H4/t16?,17-,18?;13?,14-,15?;;;/m00.../s1. The number of nitrogens with zero attached hydrogens (tertiary/aromatic N) is 2. The number of imide groups is 2. The fraction of sp³-hybridized carbons (Fsp3) is 0.556. The third-order valence-electron chi connectivity index (χ3n) is 9.97. The van der Waals surface area contributed by atoms with Gasteiger partial charge in [-0.25, -0.2) is 9.59 Å². The number of hydrogen-bond acceptors (Lipinski definition) is 15. The number of fused-ring (bicyclic) bond motifs is 2. The number of aliphatic carboxylic acids is 1. The summed E-state index contributed by atoms with van der Waals surface area (Å²) in [5, 5.41) is 16.0. The molecule has 2 saturated heterocycles. The maximum Gasteiger partial charge on any atom is 0.329 e. The van der Waals surface area contributed by atoms with Crippen LogP contribution in [0, 0.1) is 0 Å². The van der Waals surface area contributed by atoms with E-state index in [1.807, 2.05) is 0 Å². The molecule has 4 aliphatic heterocycles. The molecule has 6 rings (SSSR count). The van der Waals surface area contributed by atoms with Crippen molar-refractivity contribution < 1.29 is 57.7 Å². The molecule has 0 spiro atoms. The minimum atomic E-state index is -1.21. The molecule has 18 heteroatoms. The van der Waals surface area contributed by atoms with Crippen molar-refractivity contribution in [2.45, 2.75) is 136 Å². The van der Waals surface area contributed by atoms with Crippen molar-refractivity contribution in [3.8, 4) is 0 Å². The summed E-state index contributed by atoms with van der Waals surface area (Å²) in [7, 11) is 0. The van der Waals surface area contributed by atoms with Crippen LogP contribution in [0.3, 0.4) is 0 Å². The van der Waals surface area contributed by atoms with Gasteiger partial charge >= 0.3 is 23.9 Å².